The quantitative estimate of drug-likeness (QED) is 0.786. The summed E-state index contributed by atoms with van der Waals surface area (Å²) < 4.78 is 10.8. The Hall–Kier alpha value is -1.97. The van der Waals surface area contributed by atoms with E-state index in [9.17, 15) is 5.11 Å². The summed E-state index contributed by atoms with van der Waals surface area (Å²) in [6.45, 7) is 0. The smallest absolute Gasteiger partial charge is 0.138 e. The lowest BCUT2D eigenvalue weighted by Crippen LogP contribution is -1.97. The Bertz CT molecular complexity index is 731. The predicted molar refractivity (Wildman–Crippen MR) is 78.3 cm³/mol. The van der Waals surface area contributed by atoms with Crippen molar-refractivity contribution in [3.05, 3.63) is 64.9 Å². The molecule has 0 amide bonds. The summed E-state index contributed by atoms with van der Waals surface area (Å²) in [5, 5.41) is 11.9. The third-order valence-corrected chi connectivity index (χ3v) is 3.43. The summed E-state index contributed by atoms with van der Waals surface area (Å²) in [5.41, 5.74) is 1.45. The van der Waals surface area contributed by atoms with Gasteiger partial charge in [0.15, 0.2) is 0 Å². The van der Waals surface area contributed by atoms with Crippen LogP contribution in [0.4, 0.5) is 0 Å². The van der Waals surface area contributed by atoms with E-state index in [4.69, 9.17) is 20.8 Å². The molecule has 1 unspecified atom stereocenters. The summed E-state index contributed by atoms with van der Waals surface area (Å²) >= 11 is 5.94. The lowest BCUT2D eigenvalue weighted by Gasteiger charge is -2.08. The van der Waals surface area contributed by atoms with Crippen LogP contribution in [0.2, 0.25) is 5.02 Å². The number of aliphatic hydroxyl groups excluding tert-OH is 1. The van der Waals surface area contributed by atoms with Gasteiger partial charge in [-0.25, -0.2) is 0 Å². The second-order valence-electron chi connectivity index (χ2n) is 4.51. The SMILES string of the molecule is COc1ccc(C(O)c2cc3cc(Cl)ccc3o2)cc1. The van der Waals surface area contributed by atoms with Crippen LogP contribution >= 0.6 is 11.6 Å². The van der Waals surface area contributed by atoms with Crippen LogP contribution in [-0.2, 0) is 0 Å². The molecule has 0 aliphatic heterocycles. The van der Waals surface area contributed by atoms with Gasteiger partial charge in [0, 0.05) is 10.4 Å². The van der Waals surface area contributed by atoms with Crippen LogP contribution in [0.1, 0.15) is 17.4 Å². The molecule has 3 nitrogen and oxygen atoms in total. The number of aliphatic hydroxyl groups is 1. The molecule has 0 bridgehead atoms. The van der Waals surface area contributed by atoms with Gasteiger partial charge in [0.25, 0.3) is 0 Å². The average molecular weight is 289 g/mol. The number of hydrogen-bond acceptors (Lipinski definition) is 3. The number of methoxy groups -OCH3 is 1. The first-order chi connectivity index (χ1) is 9.67. The van der Waals surface area contributed by atoms with E-state index in [2.05, 4.69) is 0 Å². The third kappa shape index (κ3) is 2.38. The Morgan fingerprint density at radius 3 is 2.55 bits per heavy atom. The van der Waals surface area contributed by atoms with E-state index in [1.165, 1.54) is 0 Å². The molecule has 1 aromatic heterocycles. The van der Waals surface area contributed by atoms with Gasteiger partial charge in [0.1, 0.15) is 23.2 Å². The number of benzene rings is 2. The summed E-state index contributed by atoms with van der Waals surface area (Å²) in [6.07, 6.45) is -0.813. The summed E-state index contributed by atoms with van der Waals surface area (Å²) in [4.78, 5) is 0. The number of furan rings is 1. The monoisotopic (exact) mass is 288 g/mol. The van der Waals surface area contributed by atoms with Crippen molar-refractivity contribution in [2.45, 2.75) is 6.10 Å². The Morgan fingerprint density at radius 2 is 1.85 bits per heavy atom. The highest BCUT2D eigenvalue weighted by molar-refractivity contribution is 6.31. The standard InChI is InChI=1S/C16H13ClO3/c1-19-13-5-2-10(3-6-13)16(18)15-9-11-8-12(17)4-7-14(11)20-15/h2-9,16,18H,1H3. The van der Waals surface area contributed by atoms with E-state index < -0.39 is 6.10 Å². The molecule has 4 heteroatoms. The molecule has 0 aliphatic carbocycles. The number of ether oxygens (including phenoxy) is 1. The molecule has 3 rings (SSSR count). The van der Waals surface area contributed by atoms with Crippen molar-refractivity contribution in [2.75, 3.05) is 7.11 Å². The number of rotatable bonds is 3. The van der Waals surface area contributed by atoms with Crippen LogP contribution in [0.15, 0.2) is 52.9 Å². The zero-order valence-electron chi connectivity index (χ0n) is 10.8. The largest absolute Gasteiger partial charge is 0.497 e. The maximum atomic E-state index is 10.4. The van der Waals surface area contributed by atoms with Crippen LogP contribution < -0.4 is 4.74 Å². The zero-order chi connectivity index (χ0) is 14.1. The maximum Gasteiger partial charge on any atom is 0.138 e. The fraction of sp³-hybridized carbons (Fsp3) is 0.125. The molecular weight excluding hydrogens is 276 g/mol. The minimum Gasteiger partial charge on any atom is -0.497 e. The van der Waals surface area contributed by atoms with Gasteiger partial charge in [-0.2, -0.15) is 0 Å². The van der Waals surface area contributed by atoms with Crippen LogP contribution in [-0.4, -0.2) is 12.2 Å². The van der Waals surface area contributed by atoms with E-state index in [-0.39, 0.29) is 0 Å². The van der Waals surface area contributed by atoms with Crippen molar-refractivity contribution in [1.29, 1.82) is 0 Å². The van der Waals surface area contributed by atoms with Gasteiger partial charge >= 0.3 is 0 Å². The normalized spacial score (nSPS) is 12.6. The van der Waals surface area contributed by atoms with Crippen LogP contribution in [0.3, 0.4) is 0 Å². The van der Waals surface area contributed by atoms with Crippen LogP contribution in [0.25, 0.3) is 11.0 Å². The van der Waals surface area contributed by atoms with Gasteiger partial charge in [0.05, 0.1) is 7.11 Å². The molecular formula is C16H13ClO3. The summed E-state index contributed by atoms with van der Waals surface area (Å²) in [6, 6.07) is 14.4. The van der Waals surface area contributed by atoms with E-state index in [1.54, 1.807) is 37.4 Å². The van der Waals surface area contributed by atoms with Crippen molar-refractivity contribution in [1.82, 2.24) is 0 Å². The number of fused-ring (bicyclic) bond motifs is 1. The van der Waals surface area contributed by atoms with Crippen molar-refractivity contribution in [3.8, 4) is 5.75 Å². The molecule has 2 aromatic carbocycles. The average Bonchev–Trinajstić information content (AvgIpc) is 2.89. The molecule has 1 N–H and O–H groups in total. The summed E-state index contributed by atoms with van der Waals surface area (Å²) in [5.74, 6) is 1.24. The molecule has 0 saturated heterocycles. The van der Waals surface area contributed by atoms with Gasteiger partial charge in [0.2, 0.25) is 0 Å². The van der Waals surface area contributed by atoms with E-state index in [0.29, 0.717) is 16.4 Å². The Labute approximate surface area is 121 Å². The van der Waals surface area contributed by atoms with Gasteiger partial charge in [-0.15, -0.1) is 0 Å². The minimum atomic E-state index is -0.813. The molecule has 20 heavy (non-hydrogen) atoms. The van der Waals surface area contributed by atoms with Gasteiger partial charge in [-0.05, 0) is 42.0 Å². The van der Waals surface area contributed by atoms with E-state index in [1.807, 2.05) is 18.2 Å². The maximum absolute atomic E-state index is 10.4. The number of halogens is 1. The lowest BCUT2D eigenvalue weighted by molar-refractivity contribution is 0.192. The molecule has 0 aliphatic rings. The predicted octanol–water partition coefficient (Wildman–Crippen LogP) is 4.18. The Morgan fingerprint density at radius 1 is 1.10 bits per heavy atom. The number of hydrogen-bond donors (Lipinski definition) is 1. The van der Waals surface area contributed by atoms with Crippen molar-refractivity contribution in [2.24, 2.45) is 0 Å². The van der Waals surface area contributed by atoms with Crippen molar-refractivity contribution < 1.29 is 14.3 Å². The zero-order valence-corrected chi connectivity index (χ0v) is 11.6. The molecule has 102 valence electrons. The first kappa shape index (κ1) is 13.0. The Kier molecular flexibility index (Phi) is 3.38. The fourth-order valence-electron chi connectivity index (χ4n) is 2.12. The van der Waals surface area contributed by atoms with Crippen molar-refractivity contribution in [3.63, 3.8) is 0 Å². The highest BCUT2D eigenvalue weighted by Gasteiger charge is 2.15. The lowest BCUT2D eigenvalue weighted by atomic mass is 10.1. The molecule has 0 radical (unpaired) electrons. The van der Waals surface area contributed by atoms with E-state index >= 15 is 0 Å². The van der Waals surface area contributed by atoms with Gasteiger partial charge in [-0.1, -0.05) is 23.7 Å². The molecule has 0 spiro atoms. The Balaban J connectivity index is 1.96. The van der Waals surface area contributed by atoms with Gasteiger partial charge < -0.3 is 14.3 Å². The second-order valence-corrected chi connectivity index (χ2v) is 4.94. The van der Waals surface area contributed by atoms with Crippen molar-refractivity contribution >= 4 is 22.6 Å². The first-order valence-corrected chi connectivity index (χ1v) is 6.56. The topological polar surface area (TPSA) is 42.6 Å². The van der Waals surface area contributed by atoms with Crippen LogP contribution in [0, 0.1) is 0 Å². The highest BCUT2D eigenvalue weighted by Crippen LogP contribution is 2.30. The van der Waals surface area contributed by atoms with Gasteiger partial charge in [-0.3, -0.25) is 0 Å². The molecule has 0 saturated carbocycles. The first-order valence-electron chi connectivity index (χ1n) is 6.18. The highest BCUT2D eigenvalue weighted by atomic mass is 35.5. The minimum absolute atomic E-state index is 0.493. The molecule has 0 fully saturated rings. The second kappa shape index (κ2) is 5.19. The molecule has 1 heterocycles. The fourth-order valence-corrected chi connectivity index (χ4v) is 2.30. The molecule has 1 atom stereocenters. The third-order valence-electron chi connectivity index (χ3n) is 3.20. The van der Waals surface area contributed by atoms with Crippen LogP contribution in [0.5, 0.6) is 5.75 Å². The summed E-state index contributed by atoms with van der Waals surface area (Å²) in [7, 11) is 1.61. The van der Waals surface area contributed by atoms with E-state index in [0.717, 1.165) is 16.7 Å². The molecule has 3 aromatic rings.